The van der Waals surface area contributed by atoms with E-state index in [9.17, 15) is 9.59 Å². The van der Waals surface area contributed by atoms with Crippen molar-refractivity contribution in [3.63, 3.8) is 0 Å². The SMILES string of the molecule is CC1CCCC(NC(=O)CNC(=O)Cc2cccc3ccccc23)C1. The normalized spacial score (nSPS) is 20.2. The minimum Gasteiger partial charge on any atom is -0.352 e. The fraction of sp³-hybridized carbons (Fsp3) is 0.429. The van der Waals surface area contributed by atoms with Gasteiger partial charge in [0.1, 0.15) is 0 Å². The highest BCUT2D eigenvalue weighted by atomic mass is 16.2. The third-order valence-corrected chi connectivity index (χ3v) is 4.98. The molecule has 4 heteroatoms. The van der Waals surface area contributed by atoms with Crippen LogP contribution in [0.25, 0.3) is 10.8 Å². The first-order valence-electron chi connectivity index (χ1n) is 9.14. The number of carbonyl (C=O) groups is 2. The van der Waals surface area contributed by atoms with Gasteiger partial charge in [-0.3, -0.25) is 9.59 Å². The zero-order chi connectivity index (χ0) is 17.6. The smallest absolute Gasteiger partial charge is 0.239 e. The van der Waals surface area contributed by atoms with Crippen LogP contribution in [0.2, 0.25) is 0 Å². The molecule has 2 aromatic carbocycles. The second-order valence-electron chi connectivity index (χ2n) is 7.13. The van der Waals surface area contributed by atoms with E-state index in [-0.39, 0.29) is 30.8 Å². The summed E-state index contributed by atoms with van der Waals surface area (Å²) in [6, 6.07) is 14.2. The van der Waals surface area contributed by atoms with Crippen molar-refractivity contribution in [2.45, 2.75) is 45.1 Å². The van der Waals surface area contributed by atoms with E-state index in [1.165, 1.54) is 12.8 Å². The molecule has 2 atom stereocenters. The van der Waals surface area contributed by atoms with Crippen LogP contribution in [0.4, 0.5) is 0 Å². The van der Waals surface area contributed by atoms with Crippen LogP contribution in [0.5, 0.6) is 0 Å². The van der Waals surface area contributed by atoms with Gasteiger partial charge >= 0.3 is 0 Å². The van der Waals surface area contributed by atoms with Crippen LogP contribution in [0, 0.1) is 5.92 Å². The van der Waals surface area contributed by atoms with E-state index < -0.39 is 0 Å². The third-order valence-electron chi connectivity index (χ3n) is 4.98. The lowest BCUT2D eigenvalue weighted by Crippen LogP contribution is -2.43. The van der Waals surface area contributed by atoms with E-state index in [0.29, 0.717) is 5.92 Å². The van der Waals surface area contributed by atoms with Crippen molar-refractivity contribution in [3.05, 3.63) is 48.0 Å². The highest BCUT2D eigenvalue weighted by molar-refractivity contribution is 5.91. The zero-order valence-corrected chi connectivity index (χ0v) is 14.8. The quantitative estimate of drug-likeness (QED) is 0.879. The van der Waals surface area contributed by atoms with Gasteiger partial charge in [0, 0.05) is 6.04 Å². The first-order valence-corrected chi connectivity index (χ1v) is 9.14. The molecule has 4 nitrogen and oxygen atoms in total. The summed E-state index contributed by atoms with van der Waals surface area (Å²) in [6.07, 6.45) is 4.78. The Morgan fingerprint density at radius 2 is 1.84 bits per heavy atom. The van der Waals surface area contributed by atoms with Crippen molar-refractivity contribution in [1.82, 2.24) is 10.6 Å². The summed E-state index contributed by atoms with van der Waals surface area (Å²) >= 11 is 0. The standard InChI is InChI=1S/C21H26N2O2/c1-15-6-4-10-18(12-15)23-21(25)14-22-20(24)13-17-9-5-8-16-7-2-3-11-19(16)17/h2-3,5,7-9,11,15,18H,4,6,10,12-14H2,1H3,(H,22,24)(H,23,25). The monoisotopic (exact) mass is 338 g/mol. The van der Waals surface area contributed by atoms with Crippen molar-refractivity contribution in [2.75, 3.05) is 6.54 Å². The molecule has 0 aliphatic heterocycles. The second-order valence-corrected chi connectivity index (χ2v) is 7.13. The molecule has 0 radical (unpaired) electrons. The third kappa shape index (κ3) is 4.81. The van der Waals surface area contributed by atoms with E-state index in [1.807, 2.05) is 42.5 Å². The molecule has 2 N–H and O–H groups in total. The maximum absolute atomic E-state index is 12.2. The minimum atomic E-state index is -0.122. The largest absolute Gasteiger partial charge is 0.352 e. The van der Waals surface area contributed by atoms with Crippen molar-refractivity contribution in [3.8, 4) is 0 Å². The molecular weight excluding hydrogens is 312 g/mol. The van der Waals surface area contributed by atoms with Crippen LogP contribution >= 0.6 is 0 Å². The van der Waals surface area contributed by atoms with Gasteiger partial charge in [0.2, 0.25) is 11.8 Å². The molecule has 1 aliphatic rings. The first-order chi connectivity index (χ1) is 12.1. The van der Waals surface area contributed by atoms with Gasteiger partial charge in [-0.15, -0.1) is 0 Å². The number of carbonyl (C=O) groups excluding carboxylic acids is 2. The summed E-state index contributed by atoms with van der Waals surface area (Å²) in [6.45, 7) is 2.28. The molecule has 0 spiro atoms. The molecule has 2 amide bonds. The van der Waals surface area contributed by atoms with E-state index in [0.717, 1.165) is 29.2 Å². The van der Waals surface area contributed by atoms with E-state index in [4.69, 9.17) is 0 Å². The molecule has 0 saturated heterocycles. The van der Waals surface area contributed by atoms with Gasteiger partial charge in [-0.2, -0.15) is 0 Å². The number of rotatable bonds is 5. The molecule has 0 aromatic heterocycles. The predicted octanol–water partition coefficient (Wildman–Crippen LogP) is 3.19. The Balaban J connectivity index is 1.50. The molecule has 2 aromatic rings. The topological polar surface area (TPSA) is 58.2 Å². The maximum atomic E-state index is 12.2. The Bertz CT molecular complexity index is 751. The van der Waals surface area contributed by atoms with Crippen molar-refractivity contribution < 1.29 is 9.59 Å². The van der Waals surface area contributed by atoms with Crippen LogP contribution in [-0.2, 0) is 16.0 Å². The van der Waals surface area contributed by atoms with Crippen molar-refractivity contribution in [1.29, 1.82) is 0 Å². The fourth-order valence-corrected chi connectivity index (χ4v) is 3.70. The molecule has 25 heavy (non-hydrogen) atoms. The summed E-state index contributed by atoms with van der Waals surface area (Å²) in [7, 11) is 0. The Hall–Kier alpha value is -2.36. The summed E-state index contributed by atoms with van der Waals surface area (Å²) in [5.41, 5.74) is 0.983. The Kier molecular flexibility index (Phi) is 5.69. The Morgan fingerprint density at radius 3 is 2.68 bits per heavy atom. The first kappa shape index (κ1) is 17.5. The lowest BCUT2D eigenvalue weighted by molar-refractivity contribution is -0.126. The van der Waals surface area contributed by atoms with E-state index >= 15 is 0 Å². The van der Waals surface area contributed by atoms with Gasteiger partial charge in [-0.05, 0) is 35.1 Å². The van der Waals surface area contributed by atoms with Gasteiger partial charge in [0.15, 0.2) is 0 Å². The summed E-state index contributed by atoms with van der Waals surface area (Å²) < 4.78 is 0. The Labute approximate surface area is 149 Å². The molecular formula is C21H26N2O2. The molecule has 2 unspecified atom stereocenters. The molecule has 1 aliphatic carbocycles. The van der Waals surface area contributed by atoms with Crippen LogP contribution < -0.4 is 10.6 Å². The molecule has 1 fully saturated rings. The van der Waals surface area contributed by atoms with Crippen LogP contribution in [0.15, 0.2) is 42.5 Å². The number of hydrogen-bond acceptors (Lipinski definition) is 2. The minimum absolute atomic E-state index is 0.0501. The molecule has 0 heterocycles. The highest BCUT2D eigenvalue weighted by Gasteiger charge is 2.20. The number of nitrogens with one attached hydrogen (secondary N) is 2. The molecule has 132 valence electrons. The number of amides is 2. The van der Waals surface area contributed by atoms with Gasteiger partial charge in [-0.1, -0.05) is 62.2 Å². The van der Waals surface area contributed by atoms with Gasteiger partial charge in [0.25, 0.3) is 0 Å². The lowest BCUT2D eigenvalue weighted by atomic mass is 9.87. The highest BCUT2D eigenvalue weighted by Crippen LogP contribution is 2.23. The second kappa shape index (κ2) is 8.15. The molecule has 3 rings (SSSR count). The number of hydrogen-bond donors (Lipinski definition) is 2. The van der Waals surface area contributed by atoms with E-state index in [2.05, 4.69) is 17.6 Å². The fourth-order valence-electron chi connectivity index (χ4n) is 3.70. The maximum Gasteiger partial charge on any atom is 0.239 e. The molecule has 1 saturated carbocycles. The molecule has 0 bridgehead atoms. The average molecular weight is 338 g/mol. The average Bonchev–Trinajstić information content (AvgIpc) is 2.60. The van der Waals surface area contributed by atoms with Gasteiger partial charge in [0.05, 0.1) is 13.0 Å². The Morgan fingerprint density at radius 1 is 1.04 bits per heavy atom. The van der Waals surface area contributed by atoms with Crippen LogP contribution in [0.1, 0.15) is 38.2 Å². The predicted molar refractivity (Wildman–Crippen MR) is 100 cm³/mol. The van der Waals surface area contributed by atoms with Gasteiger partial charge in [-0.25, -0.2) is 0 Å². The lowest BCUT2D eigenvalue weighted by Gasteiger charge is -2.27. The van der Waals surface area contributed by atoms with Crippen LogP contribution in [-0.4, -0.2) is 24.4 Å². The number of benzene rings is 2. The van der Waals surface area contributed by atoms with Crippen molar-refractivity contribution in [2.24, 2.45) is 5.92 Å². The van der Waals surface area contributed by atoms with Crippen molar-refractivity contribution >= 4 is 22.6 Å². The summed E-state index contributed by atoms with van der Waals surface area (Å²) in [5.74, 6) is 0.453. The van der Waals surface area contributed by atoms with E-state index in [1.54, 1.807) is 0 Å². The summed E-state index contributed by atoms with van der Waals surface area (Å²) in [5, 5.41) is 8.00. The summed E-state index contributed by atoms with van der Waals surface area (Å²) in [4.78, 5) is 24.3. The zero-order valence-electron chi connectivity index (χ0n) is 14.8. The number of fused-ring (bicyclic) bond motifs is 1. The van der Waals surface area contributed by atoms with Gasteiger partial charge < -0.3 is 10.6 Å². The van der Waals surface area contributed by atoms with Crippen LogP contribution in [0.3, 0.4) is 0 Å².